The Balaban J connectivity index is 1.93. The molecule has 1 unspecified atom stereocenters. The molecule has 4 rings (SSSR count). The lowest BCUT2D eigenvalue weighted by Gasteiger charge is -2.26. The SMILES string of the molecule is COc1ccc(/C(O)=C2/C(=O)C(=O)N(c3ccc(OC)cc3)C2c2ccc(OC)c(OC)c2)cc1. The van der Waals surface area contributed by atoms with Crippen molar-refractivity contribution in [1.29, 1.82) is 0 Å². The van der Waals surface area contributed by atoms with Crippen molar-refractivity contribution in [3.63, 3.8) is 0 Å². The van der Waals surface area contributed by atoms with Gasteiger partial charge in [0, 0.05) is 11.3 Å². The van der Waals surface area contributed by atoms with Crippen molar-refractivity contribution < 1.29 is 33.6 Å². The summed E-state index contributed by atoms with van der Waals surface area (Å²) < 4.78 is 21.2. The van der Waals surface area contributed by atoms with Gasteiger partial charge in [0.05, 0.1) is 40.1 Å². The van der Waals surface area contributed by atoms with E-state index in [1.807, 2.05) is 0 Å². The quantitative estimate of drug-likeness (QED) is 0.308. The maximum absolute atomic E-state index is 13.3. The number of nitrogens with zero attached hydrogens (tertiary/aromatic N) is 1. The molecule has 1 aliphatic heterocycles. The average Bonchev–Trinajstić information content (AvgIpc) is 3.17. The van der Waals surface area contributed by atoms with Crippen molar-refractivity contribution in [3.8, 4) is 23.0 Å². The number of rotatable bonds is 7. The largest absolute Gasteiger partial charge is 0.507 e. The lowest BCUT2D eigenvalue weighted by atomic mass is 9.94. The van der Waals surface area contributed by atoms with Crippen LogP contribution in [0.1, 0.15) is 17.2 Å². The van der Waals surface area contributed by atoms with E-state index in [0.717, 1.165) is 0 Å². The molecule has 8 heteroatoms. The molecule has 3 aromatic carbocycles. The summed E-state index contributed by atoms with van der Waals surface area (Å²) in [7, 11) is 6.09. The minimum Gasteiger partial charge on any atom is -0.507 e. The van der Waals surface area contributed by atoms with E-state index in [4.69, 9.17) is 18.9 Å². The number of aliphatic hydroxyl groups is 1. The Morgan fingerprint density at radius 2 is 1.31 bits per heavy atom. The molecule has 35 heavy (non-hydrogen) atoms. The second-order valence-electron chi connectivity index (χ2n) is 7.71. The molecular weight excluding hydrogens is 450 g/mol. The number of carbonyl (C=O) groups excluding carboxylic acids is 2. The average molecular weight is 475 g/mol. The fraction of sp³-hybridized carbons (Fsp3) is 0.185. The van der Waals surface area contributed by atoms with Gasteiger partial charge < -0.3 is 24.1 Å². The summed E-state index contributed by atoms with van der Waals surface area (Å²) in [6.07, 6.45) is 0. The molecule has 180 valence electrons. The molecule has 0 radical (unpaired) electrons. The summed E-state index contributed by atoms with van der Waals surface area (Å²) >= 11 is 0. The Hall–Kier alpha value is -4.46. The van der Waals surface area contributed by atoms with E-state index in [1.54, 1.807) is 73.8 Å². The topological polar surface area (TPSA) is 94.5 Å². The van der Waals surface area contributed by atoms with Crippen molar-refractivity contribution in [3.05, 3.63) is 83.4 Å². The number of ketones is 1. The highest BCUT2D eigenvalue weighted by Crippen LogP contribution is 2.44. The van der Waals surface area contributed by atoms with Crippen molar-refractivity contribution in [2.45, 2.75) is 6.04 Å². The van der Waals surface area contributed by atoms with Crippen LogP contribution in [-0.2, 0) is 9.59 Å². The third-order valence-corrected chi connectivity index (χ3v) is 5.88. The molecule has 8 nitrogen and oxygen atoms in total. The lowest BCUT2D eigenvalue weighted by Crippen LogP contribution is -2.29. The highest BCUT2D eigenvalue weighted by atomic mass is 16.5. The van der Waals surface area contributed by atoms with E-state index in [9.17, 15) is 14.7 Å². The summed E-state index contributed by atoms with van der Waals surface area (Å²) in [6, 6.07) is 17.6. The van der Waals surface area contributed by atoms with Crippen LogP contribution in [0.5, 0.6) is 23.0 Å². The van der Waals surface area contributed by atoms with Gasteiger partial charge in [-0.15, -0.1) is 0 Å². The molecule has 0 aromatic heterocycles. The number of aliphatic hydroxyl groups excluding tert-OH is 1. The lowest BCUT2D eigenvalue weighted by molar-refractivity contribution is -0.132. The normalized spacial score (nSPS) is 16.8. The molecule has 1 amide bonds. The molecule has 1 N–H and O–H groups in total. The smallest absolute Gasteiger partial charge is 0.300 e. The highest BCUT2D eigenvalue weighted by molar-refractivity contribution is 6.51. The second kappa shape index (κ2) is 9.80. The fourth-order valence-electron chi connectivity index (χ4n) is 4.08. The number of amides is 1. The zero-order valence-corrected chi connectivity index (χ0v) is 19.8. The second-order valence-corrected chi connectivity index (χ2v) is 7.71. The Bertz CT molecular complexity index is 1280. The summed E-state index contributed by atoms with van der Waals surface area (Å²) in [5, 5.41) is 11.2. The molecule has 0 spiro atoms. The van der Waals surface area contributed by atoms with Crippen LogP contribution in [0, 0.1) is 0 Å². The molecule has 0 saturated carbocycles. The maximum atomic E-state index is 13.3. The van der Waals surface area contributed by atoms with Crippen LogP contribution in [0.15, 0.2) is 72.3 Å². The fourth-order valence-corrected chi connectivity index (χ4v) is 4.08. The number of anilines is 1. The number of ether oxygens (including phenoxy) is 4. The number of hydrogen-bond donors (Lipinski definition) is 1. The first-order valence-corrected chi connectivity index (χ1v) is 10.7. The van der Waals surface area contributed by atoms with Crippen molar-refractivity contribution in [1.82, 2.24) is 0 Å². The Labute approximate surface area is 202 Å². The van der Waals surface area contributed by atoms with Gasteiger partial charge >= 0.3 is 0 Å². The van der Waals surface area contributed by atoms with Gasteiger partial charge in [0.2, 0.25) is 0 Å². The number of Topliss-reactive ketones (excluding diaryl/α,β-unsaturated/α-hetero) is 1. The molecule has 3 aromatic rings. The number of carbonyl (C=O) groups is 2. The van der Waals surface area contributed by atoms with Crippen molar-refractivity contribution in [2.24, 2.45) is 0 Å². The summed E-state index contributed by atoms with van der Waals surface area (Å²) in [5.41, 5.74) is 1.38. The molecule has 0 bridgehead atoms. The van der Waals surface area contributed by atoms with Gasteiger partial charge in [-0.05, 0) is 66.2 Å². The first-order valence-electron chi connectivity index (χ1n) is 10.7. The van der Waals surface area contributed by atoms with Crippen molar-refractivity contribution >= 4 is 23.1 Å². The third-order valence-electron chi connectivity index (χ3n) is 5.88. The van der Waals surface area contributed by atoms with E-state index in [0.29, 0.717) is 39.8 Å². The van der Waals surface area contributed by atoms with E-state index in [-0.39, 0.29) is 11.3 Å². The molecule has 1 fully saturated rings. The van der Waals surface area contributed by atoms with Gasteiger partial charge in [0.15, 0.2) is 11.5 Å². The maximum Gasteiger partial charge on any atom is 0.300 e. The van der Waals surface area contributed by atoms with Gasteiger partial charge in [0.25, 0.3) is 11.7 Å². The summed E-state index contributed by atoms with van der Waals surface area (Å²) in [5.74, 6) is 0.270. The summed E-state index contributed by atoms with van der Waals surface area (Å²) in [4.78, 5) is 27.9. The van der Waals surface area contributed by atoms with Crippen LogP contribution in [0.4, 0.5) is 5.69 Å². The monoisotopic (exact) mass is 475 g/mol. The number of methoxy groups -OCH3 is 4. The van der Waals surface area contributed by atoms with Crippen LogP contribution in [0.25, 0.3) is 5.76 Å². The minimum atomic E-state index is -0.912. The van der Waals surface area contributed by atoms with E-state index in [1.165, 1.54) is 26.2 Å². The van der Waals surface area contributed by atoms with Gasteiger partial charge in [-0.25, -0.2) is 0 Å². The molecule has 0 aliphatic carbocycles. The van der Waals surface area contributed by atoms with E-state index >= 15 is 0 Å². The molecule has 1 aliphatic rings. The standard InChI is InChI=1S/C27H25NO7/c1-32-19-10-5-16(6-11-19)25(29)23-24(17-7-14-21(34-3)22(15-17)35-4)28(27(31)26(23)30)18-8-12-20(33-2)13-9-18/h5-15,24,29H,1-4H3/b25-23-. The van der Waals surface area contributed by atoms with Crippen LogP contribution in [0.3, 0.4) is 0 Å². The number of hydrogen-bond acceptors (Lipinski definition) is 7. The Morgan fingerprint density at radius 1 is 0.743 bits per heavy atom. The van der Waals surface area contributed by atoms with Gasteiger partial charge in [-0.2, -0.15) is 0 Å². The molecule has 1 atom stereocenters. The summed E-state index contributed by atoms with van der Waals surface area (Å²) in [6.45, 7) is 0. The van der Waals surface area contributed by atoms with Crippen LogP contribution >= 0.6 is 0 Å². The first-order chi connectivity index (χ1) is 16.9. The number of benzene rings is 3. The van der Waals surface area contributed by atoms with E-state index < -0.39 is 17.7 Å². The predicted molar refractivity (Wildman–Crippen MR) is 130 cm³/mol. The Kier molecular flexibility index (Phi) is 6.64. The highest BCUT2D eigenvalue weighted by Gasteiger charge is 2.47. The van der Waals surface area contributed by atoms with E-state index in [2.05, 4.69) is 0 Å². The molecule has 1 heterocycles. The Morgan fingerprint density at radius 3 is 1.86 bits per heavy atom. The zero-order valence-electron chi connectivity index (χ0n) is 19.8. The van der Waals surface area contributed by atoms with Crippen molar-refractivity contribution in [2.75, 3.05) is 33.3 Å². The van der Waals surface area contributed by atoms with Crippen LogP contribution < -0.4 is 23.8 Å². The van der Waals surface area contributed by atoms with Crippen LogP contribution in [-0.4, -0.2) is 45.2 Å². The molecular formula is C27H25NO7. The van der Waals surface area contributed by atoms with Gasteiger partial charge in [-0.3, -0.25) is 14.5 Å². The minimum absolute atomic E-state index is 0.0387. The zero-order chi connectivity index (χ0) is 25.1. The molecule has 1 saturated heterocycles. The predicted octanol–water partition coefficient (Wildman–Crippen LogP) is 4.35. The third kappa shape index (κ3) is 4.26. The van der Waals surface area contributed by atoms with Crippen LogP contribution in [0.2, 0.25) is 0 Å². The van der Waals surface area contributed by atoms with Gasteiger partial charge in [-0.1, -0.05) is 6.07 Å². The van der Waals surface area contributed by atoms with Gasteiger partial charge in [0.1, 0.15) is 17.3 Å². The first kappa shape index (κ1) is 23.7.